The van der Waals surface area contributed by atoms with E-state index in [1.807, 2.05) is 37.5 Å². The summed E-state index contributed by atoms with van der Waals surface area (Å²) in [5.41, 5.74) is 14.8. The molecule has 7 heteroatoms. The van der Waals surface area contributed by atoms with Gasteiger partial charge in [0.15, 0.2) is 0 Å². The van der Waals surface area contributed by atoms with Crippen LogP contribution in [0.3, 0.4) is 0 Å². The number of aryl methyl sites for hydroxylation is 2. The van der Waals surface area contributed by atoms with Gasteiger partial charge in [-0.05, 0) is 54.6 Å². The minimum Gasteiger partial charge on any atom is -0.457 e. The fraction of sp³-hybridized carbons (Fsp3) is 0.360. The quantitative estimate of drug-likeness (QED) is 0.118. The van der Waals surface area contributed by atoms with Crippen LogP contribution < -0.4 is 4.40 Å². The van der Waals surface area contributed by atoms with Gasteiger partial charge in [0, 0.05) is 42.9 Å². The van der Waals surface area contributed by atoms with Crippen LogP contribution in [-0.4, -0.2) is 33.2 Å². The summed E-state index contributed by atoms with van der Waals surface area (Å²) in [5.74, 6) is 8.99. The van der Waals surface area contributed by atoms with Gasteiger partial charge in [-0.3, -0.25) is 0 Å². The van der Waals surface area contributed by atoms with Gasteiger partial charge in [-0.25, -0.2) is 4.98 Å². The largest absolute Gasteiger partial charge is 0.457 e. The monoisotopic (exact) mass is 993 g/mol. The molecule has 2 saturated carbocycles. The third kappa shape index (κ3) is 9.19. The fourth-order valence-electron chi connectivity index (χ4n) is 9.01. The third-order valence-electron chi connectivity index (χ3n) is 12.0. The van der Waals surface area contributed by atoms with E-state index in [2.05, 4.69) is 108 Å². The number of fused-ring (bicyclic) bond motifs is 3. The Labute approximate surface area is 355 Å². The molecule has 7 aromatic rings. The molecule has 0 N–H and O–H groups in total. The maximum absolute atomic E-state index is 6.15. The fourth-order valence-corrected chi connectivity index (χ4v) is 12.5. The Balaban J connectivity index is 0.000000179. The second-order valence-electron chi connectivity index (χ2n) is 17.2. The van der Waals surface area contributed by atoms with Crippen molar-refractivity contribution in [2.45, 2.75) is 108 Å². The predicted octanol–water partition coefficient (Wildman–Crippen LogP) is 12.7. The molecule has 9 rings (SSSR count). The molecule has 0 amide bonds. The van der Waals surface area contributed by atoms with Gasteiger partial charge in [0.05, 0.1) is 5.58 Å². The molecule has 295 valence electrons. The van der Waals surface area contributed by atoms with E-state index in [1.54, 1.807) is 9.96 Å². The zero-order valence-corrected chi connectivity index (χ0v) is 38.8. The minimum absolute atomic E-state index is 0. The van der Waals surface area contributed by atoms with Gasteiger partial charge in [-0.2, -0.15) is 0 Å². The molecule has 5 nitrogen and oxygen atoms in total. The molecule has 0 unspecified atom stereocenters. The van der Waals surface area contributed by atoms with Crippen molar-refractivity contribution in [3.63, 3.8) is 0 Å². The second-order valence-corrected chi connectivity index (χ2v) is 27.8. The molecule has 0 spiro atoms. The standard InChI is InChI=1S/C28H24N3O.C22H30GeN.Ir/c1-18-14-23(20-10-6-3-7-11-20)26-27-25(32-28(26)31-18)16-22(17-30-27)24-15-21(12-13-29-24)19-8-4-2-5-9-19;1-16-9-8-12-19(13-16)22-17(2)20(14-18-10-6-7-11-18)21(15-24-22)23(3,4)5;/h3,6-7,10-15,17,19H,2,4-5,8-9H2,1H3;8-9,12,15,18H,6-7,10-11,14H2,1-5H3;/q2*-1;. The number of benzene rings is 2. The van der Waals surface area contributed by atoms with Crippen molar-refractivity contribution in [2.75, 3.05) is 0 Å². The molecular formula is C50H54GeIrN4O-2. The zero-order valence-electron chi connectivity index (χ0n) is 34.3. The van der Waals surface area contributed by atoms with Gasteiger partial charge in [0.25, 0.3) is 0 Å². The van der Waals surface area contributed by atoms with E-state index in [4.69, 9.17) is 14.4 Å². The summed E-state index contributed by atoms with van der Waals surface area (Å²) in [6.45, 7) is 6.39. The van der Waals surface area contributed by atoms with E-state index in [9.17, 15) is 0 Å². The van der Waals surface area contributed by atoms with Gasteiger partial charge in [-0.15, -0.1) is 5.56 Å². The van der Waals surface area contributed by atoms with Crippen molar-refractivity contribution in [3.8, 4) is 33.6 Å². The van der Waals surface area contributed by atoms with Crippen LogP contribution >= 0.6 is 0 Å². The molecule has 5 aromatic heterocycles. The molecule has 0 atom stereocenters. The minimum atomic E-state index is -1.92. The molecule has 57 heavy (non-hydrogen) atoms. The van der Waals surface area contributed by atoms with Crippen LogP contribution in [0.2, 0.25) is 17.3 Å². The van der Waals surface area contributed by atoms with Crippen molar-refractivity contribution < 1.29 is 24.5 Å². The Morgan fingerprint density at radius 1 is 0.754 bits per heavy atom. The molecule has 2 fully saturated rings. The van der Waals surface area contributed by atoms with Crippen LogP contribution in [0.15, 0.2) is 89.7 Å². The molecule has 2 aliphatic rings. The molecule has 5 heterocycles. The molecule has 1 radical (unpaired) electrons. The van der Waals surface area contributed by atoms with Crippen molar-refractivity contribution in [1.82, 2.24) is 19.9 Å². The summed E-state index contributed by atoms with van der Waals surface area (Å²) in [6, 6.07) is 30.1. The van der Waals surface area contributed by atoms with Crippen LogP contribution in [0.25, 0.3) is 55.8 Å². The number of nitrogens with zero attached hydrogens (tertiary/aromatic N) is 4. The topological polar surface area (TPSA) is 64.7 Å². The first kappa shape index (κ1) is 41.2. The average Bonchev–Trinajstić information content (AvgIpc) is 3.86. The summed E-state index contributed by atoms with van der Waals surface area (Å²) in [5, 5.41) is 0.934. The third-order valence-corrected chi connectivity index (χ3v) is 16.3. The van der Waals surface area contributed by atoms with Crippen LogP contribution in [0.1, 0.15) is 91.7 Å². The van der Waals surface area contributed by atoms with E-state index in [0.29, 0.717) is 17.2 Å². The van der Waals surface area contributed by atoms with Crippen molar-refractivity contribution >= 4 is 39.9 Å². The van der Waals surface area contributed by atoms with Crippen LogP contribution in [0, 0.1) is 38.8 Å². The Morgan fingerprint density at radius 3 is 2.25 bits per heavy atom. The van der Waals surface area contributed by atoms with E-state index >= 15 is 0 Å². The molecular weight excluding hydrogens is 937 g/mol. The number of pyridine rings is 4. The Hall–Kier alpha value is -3.97. The Morgan fingerprint density at radius 2 is 1.51 bits per heavy atom. The van der Waals surface area contributed by atoms with Gasteiger partial charge in [0.1, 0.15) is 0 Å². The summed E-state index contributed by atoms with van der Waals surface area (Å²) >= 11 is -1.92. The summed E-state index contributed by atoms with van der Waals surface area (Å²) in [6.07, 6.45) is 19.4. The Kier molecular flexibility index (Phi) is 12.9. The van der Waals surface area contributed by atoms with E-state index < -0.39 is 13.3 Å². The molecule has 2 aromatic carbocycles. The molecule has 0 aliphatic heterocycles. The van der Waals surface area contributed by atoms with E-state index in [-0.39, 0.29) is 20.1 Å². The van der Waals surface area contributed by atoms with Crippen LogP contribution in [0.4, 0.5) is 0 Å². The maximum Gasteiger partial charge on any atom is 0.218 e. The first-order chi connectivity index (χ1) is 27.1. The SMILES string of the molecule is Cc1[c-]c(-c2nc[c]([Ge]([CH3])([CH3])[CH3])c(CC3CCCC3)c2C)ccc1.Cc1cc(-c2ccccc2)c2c(n1)oc1[c-]c(-c3cc(C4CCCCC4)ccn3)cnc12.[Ir]. The van der Waals surface area contributed by atoms with E-state index in [1.165, 1.54) is 80.9 Å². The van der Waals surface area contributed by atoms with Crippen molar-refractivity contribution in [2.24, 2.45) is 5.92 Å². The number of hydrogen-bond donors (Lipinski definition) is 0. The zero-order chi connectivity index (χ0) is 38.8. The van der Waals surface area contributed by atoms with Crippen molar-refractivity contribution in [1.29, 1.82) is 0 Å². The van der Waals surface area contributed by atoms with Gasteiger partial charge in [0.2, 0.25) is 5.71 Å². The van der Waals surface area contributed by atoms with Gasteiger partial charge < -0.3 is 14.4 Å². The summed E-state index contributed by atoms with van der Waals surface area (Å²) < 4.78 is 7.75. The number of furan rings is 1. The van der Waals surface area contributed by atoms with Gasteiger partial charge in [-0.1, -0.05) is 73.5 Å². The molecule has 2 aliphatic carbocycles. The summed E-state index contributed by atoms with van der Waals surface area (Å²) in [4.78, 5) is 19.0. The van der Waals surface area contributed by atoms with Crippen LogP contribution in [-0.2, 0) is 26.5 Å². The average molecular weight is 992 g/mol. The smallest absolute Gasteiger partial charge is 0.218 e. The van der Waals surface area contributed by atoms with E-state index in [0.717, 1.165) is 56.2 Å². The predicted molar refractivity (Wildman–Crippen MR) is 234 cm³/mol. The normalized spacial score (nSPS) is 15.1. The van der Waals surface area contributed by atoms with Crippen LogP contribution in [0.5, 0.6) is 0 Å². The number of aromatic nitrogens is 4. The first-order valence-electron chi connectivity index (χ1n) is 20.7. The number of rotatable bonds is 7. The molecule has 0 saturated heterocycles. The summed E-state index contributed by atoms with van der Waals surface area (Å²) in [7, 11) is 0. The maximum atomic E-state index is 6.15. The second kappa shape index (κ2) is 17.9. The number of hydrogen-bond acceptors (Lipinski definition) is 5. The Bertz CT molecular complexity index is 2480. The van der Waals surface area contributed by atoms with Crippen molar-refractivity contribution in [3.05, 3.63) is 125 Å². The molecule has 0 bridgehead atoms. The van der Waals surface area contributed by atoms with Gasteiger partial charge >= 0.3 is 150 Å². The first-order valence-corrected chi connectivity index (χ1v) is 28.1.